The fourth-order valence-corrected chi connectivity index (χ4v) is 1.34. The molecular formula is C11H9F2N3O. The van der Waals surface area contributed by atoms with Crippen LogP contribution in [0.25, 0.3) is 0 Å². The van der Waals surface area contributed by atoms with Gasteiger partial charge in [0.15, 0.2) is 0 Å². The second-order valence-corrected chi connectivity index (χ2v) is 3.40. The van der Waals surface area contributed by atoms with Gasteiger partial charge in [0.05, 0.1) is 0 Å². The van der Waals surface area contributed by atoms with Crippen molar-refractivity contribution in [3.05, 3.63) is 47.8 Å². The number of para-hydroxylation sites is 1. The van der Waals surface area contributed by atoms with Crippen molar-refractivity contribution < 1.29 is 13.6 Å². The number of aromatic nitrogens is 1. The summed E-state index contributed by atoms with van der Waals surface area (Å²) in [6, 6.07) is 4.70. The van der Waals surface area contributed by atoms with Crippen LogP contribution < -0.4 is 11.1 Å². The van der Waals surface area contributed by atoms with Crippen molar-refractivity contribution in [1.82, 2.24) is 4.98 Å². The number of aromatic amines is 1. The monoisotopic (exact) mass is 237 g/mol. The topological polar surface area (TPSA) is 70.9 Å². The maximum absolute atomic E-state index is 13.2. The Hall–Kier alpha value is -2.37. The molecule has 17 heavy (non-hydrogen) atoms. The summed E-state index contributed by atoms with van der Waals surface area (Å²) in [5.74, 6) is -2.33. The number of rotatable bonds is 2. The molecule has 0 saturated heterocycles. The van der Waals surface area contributed by atoms with Crippen molar-refractivity contribution in [1.29, 1.82) is 0 Å². The molecule has 0 unspecified atom stereocenters. The van der Waals surface area contributed by atoms with Gasteiger partial charge in [0.25, 0.3) is 5.91 Å². The molecule has 1 amide bonds. The molecule has 0 spiro atoms. The summed E-state index contributed by atoms with van der Waals surface area (Å²) < 4.78 is 26.5. The van der Waals surface area contributed by atoms with Crippen LogP contribution in [0.3, 0.4) is 0 Å². The van der Waals surface area contributed by atoms with Crippen molar-refractivity contribution in [3.63, 3.8) is 0 Å². The predicted octanol–water partition coefficient (Wildman–Crippen LogP) is 2.13. The third kappa shape index (κ3) is 2.25. The molecular weight excluding hydrogens is 228 g/mol. The normalized spacial score (nSPS) is 10.2. The van der Waals surface area contributed by atoms with Crippen molar-refractivity contribution in [2.24, 2.45) is 0 Å². The molecule has 4 nitrogen and oxygen atoms in total. The molecule has 0 aliphatic rings. The van der Waals surface area contributed by atoms with Gasteiger partial charge in [-0.2, -0.15) is 0 Å². The zero-order chi connectivity index (χ0) is 12.4. The van der Waals surface area contributed by atoms with Gasteiger partial charge in [0, 0.05) is 11.9 Å². The minimum absolute atomic E-state index is 0.130. The number of nitrogen functional groups attached to an aromatic ring is 1. The summed E-state index contributed by atoms with van der Waals surface area (Å²) in [4.78, 5) is 14.2. The number of anilines is 2. The van der Waals surface area contributed by atoms with Crippen LogP contribution in [0.5, 0.6) is 0 Å². The smallest absolute Gasteiger partial charge is 0.272 e. The van der Waals surface area contributed by atoms with Gasteiger partial charge < -0.3 is 16.0 Å². The first-order valence-corrected chi connectivity index (χ1v) is 4.77. The molecule has 0 fully saturated rings. The largest absolute Gasteiger partial charge is 0.397 e. The third-order valence-corrected chi connectivity index (χ3v) is 2.15. The third-order valence-electron chi connectivity index (χ3n) is 2.15. The van der Waals surface area contributed by atoms with Crippen LogP contribution in [0, 0.1) is 11.6 Å². The molecule has 0 atom stereocenters. The summed E-state index contributed by atoms with van der Waals surface area (Å²) in [7, 11) is 0. The Balaban J connectivity index is 2.24. The number of carbonyl (C=O) groups excluding carboxylic acids is 1. The van der Waals surface area contributed by atoms with Crippen LogP contribution in [-0.4, -0.2) is 10.9 Å². The average Bonchev–Trinajstić information content (AvgIpc) is 2.70. The number of amides is 1. The van der Waals surface area contributed by atoms with Gasteiger partial charge in [-0.15, -0.1) is 0 Å². The van der Waals surface area contributed by atoms with E-state index in [1.165, 1.54) is 18.3 Å². The predicted molar refractivity (Wildman–Crippen MR) is 59.5 cm³/mol. The Morgan fingerprint density at radius 2 is 1.94 bits per heavy atom. The van der Waals surface area contributed by atoms with Gasteiger partial charge in [0.1, 0.15) is 23.0 Å². The molecule has 2 aromatic rings. The summed E-state index contributed by atoms with van der Waals surface area (Å²) >= 11 is 0. The number of H-pyrrole nitrogens is 1. The number of halogens is 2. The zero-order valence-corrected chi connectivity index (χ0v) is 8.63. The molecule has 0 aliphatic heterocycles. The second-order valence-electron chi connectivity index (χ2n) is 3.40. The van der Waals surface area contributed by atoms with E-state index in [2.05, 4.69) is 10.3 Å². The van der Waals surface area contributed by atoms with Gasteiger partial charge in [0.2, 0.25) is 0 Å². The highest BCUT2D eigenvalue weighted by Crippen LogP contribution is 2.19. The van der Waals surface area contributed by atoms with Crippen molar-refractivity contribution in [2.45, 2.75) is 0 Å². The molecule has 2 rings (SSSR count). The standard InChI is InChI=1S/C11H9F2N3O/c12-7-2-1-3-8(13)10(7)16-11(17)9-4-6(14)5-15-9/h1-5,15H,14H2,(H,16,17). The van der Waals surface area contributed by atoms with Crippen LogP contribution >= 0.6 is 0 Å². The summed E-state index contributed by atoms with van der Waals surface area (Å²) in [5, 5.41) is 2.13. The molecule has 0 bridgehead atoms. The van der Waals surface area contributed by atoms with Crippen LogP contribution in [0.15, 0.2) is 30.5 Å². The molecule has 6 heteroatoms. The van der Waals surface area contributed by atoms with E-state index in [4.69, 9.17) is 5.73 Å². The fourth-order valence-electron chi connectivity index (χ4n) is 1.34. The molecule has 0 radical (unpaired) electrons. The fraction of sp³-hybridized carbons (Fsp3) is 0. The SMILES string of the molecule is Nc1c[nH]c(C(=O)Nc2c(F)cccc2F)c1. The maximum atomic E-state index is 13.2. The van der Waals surface area contributed by atoms with Crippen LogP contribution in [-0.2, 0) is 0 Å². The van der Waals surface area contributed by atoms with E-state index >= 15 is 0 Å². The lowest BCUT2D eigenvalue weighted by Crippen LogP contribution is -2.14. The number of benzene rings is 1. The highest BCUT2D eigenvalue weighted by molar-refractivity contribution is 6.03. The van der Waals surface area contributed by atoms with E-state index in [0.29, 0.717) is 5.69 Å². The van der Waals surface area contributed by atoms with Crippen LogP contribution in [0.1, 0.15) is 10.5 Å². The maximum Gasteiger partial charge on any atom is 0.272 e. The van der Waals surface area contributed by atoms with Gasteiger partial charge >= 0.3 is 0 Å². The van der Waals surface area contributed by atoms with Crippen molar-refractivity contribution in [2.75, 3.05) is 11.1 Å². The molecule has 1 aromatic carbocycles. The highest BCUT2D eigenvalue weighted by atomic mass is 19.1. The number of nitrogens with one attached hydrogen (secondary N) is 2. The first kappa shape index (κ1) is 11.1. The molecule has 1 heterocycles. The molecule has 1 aromatic heterocycles. The Morgan fingerprint density at radius 1 is 1.29 bits per heavy atom. The Labute approximate surface area is 95.4 Å². The number of hydrogen-bond donors (Lipinski definition) is 3. The lowest BCUT2D eigenvalue weighted by molar-refractivity contribution is 0.102. The van der Waals surface area contributed by atoms with Gasteiger partial charge in [-0.3, -0.25) is 4.79 Å². The van der Waals surface area contributed by atoms with E-state index in [1.54, 1.807) is 0 Å². The van der Waals surface area contributed by atoms with E-state index in [1.807, 2.05) is 0 Å². The van der Waals surface area contributed by atoms with Crippen molar-refractivity contribution in [3.8, 4) is 0 Å². The van der Waals surface area contributed by atoms with E-state index in [0.717, 1.165) is 12.1 Å². The van der Waals surface area contributed by atoms with E-state index < -0.39 is 23.2 Å². The minimum Gasteiger partial charge on any atom is -0.397 e. The summed E-state index contributed by atoms with van der Waals surface area (Å²) in [5.41, 5.74) is 5.42. The first-order valence-electron chi connectivity index (χ1n) is 4.77. The first-order chi connectivity index (χ1) is 8.08. The van der Waals surface area contributed by atoms with Gasteiger partial charge in [-0.05, 0) is 18.2 Å². The molecule has 0 aliphatic carbocycles. The zero-order valence-electron chi connectivity index (χ0n) is 8.63. The molecule has 88 valence electrons. The highest BCUT2D eigenvalue weighted by Gasteiger charge is 2.14. The average molecular weight is 237 g/mol. The Kier molecular flexibility index (Phi) is 2.78. The molecule has 0 saturated carbocycles. The van der Waals surface area contributed by atoms with Gasteiger partial charge in [-0.1, -0.05) is 6.07 Å². The number of hydrogen-bond acceptors (Lipinski definition) is 2. The molecule has 4 N–H and O–H groups in total. The van der Waals surface area contributed by atoms with Crippen LogP contribution in [0.2, 0.25) is 0 Å². The Bertz CT molecular complexity index is 545. The van der Waals surface area contributed by atoms with Crippen LogP contribution in [0.4, 0.5) is 20.2 Å². The summed E-state index contributed by atoms with van der Waals surface area (Å²) in [6.45, 7) is 0. The van der Waals surface area contributed by atoms with Gasteiger partial charge in [-0.25, -0.2) is 8.78 Å². The lowest BCUT2D eigenvalue weighted by Gasteiger charge is -2.05. The number of nitrogens with two attached hydrogens (primary N) is 1. The second kappa shape index (κ2) is 4.25. The number of carbonyl (C=O) groups is 1. The summed E-state index contributed by atoms with van der Waals surface area (Å²) in [6.07, 6.45) is 1.41. The lowest BCUT2D eigenvalue weighted by atomic mass is 10.2. The quantitative estimate of drug-likeness (QED) is 0.748. The minimum atomic E-state index is -0.835. The van der Waals surface area contributed by atoms with Crippen molar-refractivity contribution >= 4 is 17.3 Å². The van der Waals surface area contributed by atoms with E-state index in [-0.39, 0.29) is 5.69 Å². The Morgan fingerprint density at radius 3 is 2.47 bits per heavy atom. The van der Waals surface area contributed by atoms with E-state index in [9.17, 15) is 13.6 Å².